The van der Waals surface area contributed by atoms with E-state index in [9.17, 15) is 22.8 Å². The summed E-state index contributed by atoms with van der Waals surface area (Å²) in [5, 5.41) is 2.63. The Morgan fingerprint density at radius 2 is 1.81 bits per heavy atom. The van der Waals surface area contributed by atoms with Crippen LogP contribution in [0.3, 0.4) is 0 Å². The number of carbonyl (C=O) groups excluding carboxylic acids is 1. The average molecular weight is 435 g/mol. The van der Waals surface area contributed by atoms with Crippen molar-refractivity contribution in [3.05, 3.63) is 62.1 Å². The molecule has 0 bridgehead atoms. The second kappa shape index (κ2) is 8.77. The normalized spacial score (nSPS) is 14.7. The van der Waals surface area contributed by atoms with E-state index in [-0.39, 0.29) is 23.7 Å². The topological polar surface area (TPSA) is 65.2 Å². The highest BCUT2D eigenvalue weighted by Crippen LogP contribution is 2.37. The largest absolute Gasteiger partial charge is 0.416 e. The third kappa shape index (κ3) is 4.94. The number of carbonyl (C=O) groups is 1. The van der Waals surface area contributed by atoms with Gasteiger partial charge in [-0.3, -0.25) is 9.59 Å². The van der Waals surface area contributed by atoms with E-state index in [0.717, 1.165) is 37.8 Å². The minimum atomic E-state index is -4.57. The first-order valence-corrected chi connectivity index (χ1v) is 10.4. The smallest absolute Gasteiger partial charge is 0.371 e. The van der Waals surface area contributed by atoms with Crippen molar-refractivity contribution in [3.8, 4) is 0 Å². The number of rotatable bonds is 5. The van der Waals surface area contributed by atoms with Gasteiger partial charge in [0.1, 0.15) is 0 Å². The molecule has 1 aromatic carbocycles. The van der Waals surface area contributed by atoms with Gasteiger partial charge in [-0.15, -0.1) is 0 Å². The number of aryl methyl sites for hydroxylation is 2. The second-order valence-electron chi connectivity index (χ2n) is 8.34. The first kappa shape index (κ1) is 22.9. The van der Waals surface area contributed by atoms with Crippen LogP contribution in [0, 0.1) is 20.8 Å². The van der Waals surface area contributed by atoms with E-state index in [1.807, 2.05) is 4.90 Å². The SMILES string of the molecule is Cc1cc(C)c(CNC(=O)c2cc(C(F)(F)F)cc(N(C)C3CCCC3)c2C)c(=O)[nH]1. The Labute approximate surface area is 179 Å². The Bertz CT molecular complexity index is 1040. The molecule has 0 spiro atoms. The number of hydrogen-bond acceptors (Lipinski definition) is 3. The van der Waals surface area contributed by atoms with Gasteiger partial charge in [0.25, 0.3) is 11.5 Å². The van der Waals surface area contributed by atoms with Crippen molar-refractivity contribution in [2.75, 3.05) is 11.9 Å². The number of halogens is 3. The van der Waals surface area contributed by atoms with Gasteiger partial charge in [-0.25, -0.2) is 0 Å². The maximum absolute atomic E-state index is 13.6. The van der Waals surface area contributed by atoms with Crippen LogP contribution in [0.2, 0.25) is 0 Å². The van der Waals surface area contributed by atoms with Crippen LogP contribution in [-0.4, -0.2) is 24.0 Å². The zero-order chi connectivity index (χ0) is 22.9. The number of aromatic nitrogens is 1. The van der Waals surface area contributed by atoms with E-state index in [1.165, 1.54) is 0 Å². The molecule has 31 heavy (non-hydrogen) atoms. The van der Waals surface area contributed by atoms with E-state index >= 15 is 0 Å². The molecule has 1 amide bonds. The summed E-state index contributed by atoms with van der Waals surface area (Å²) in [4.78, 5) is 29.6. The molecule has 2 N–H and O–H groups in total. The Morgan fingerprint density at radius 3 is 2.39 bits per heavy atom. The van der Waals surface area contributed by atoms with Crippen molar-refractivity contribution in [2.24, 2.45) is 0 Å². The van der Waals surface area contributed by atoms with E-state index in [4.69, 9.17) is 0 Å². The van der Waals surface area contributed by atoms with Crippen molar-refractivity contribution in [1.82, 2.24) is 10.3 Å². The molecule has 2 aromatic rings. The lowest BCUT2D eigenvalue weighted by molar-refractivity contribution is -0.137. The molecule has 0 atom stereocenters. The van der Waals surface area contributed by atoms with Gasteiger partial charge in [0, 0.05) is 42.1 Å². The molecule has 0 unspecified atom stereocenters. The van der Waals surface area contributed by atoms with Crippen molar-refractivity contribution >= 4 is 11.6 Å². The summed E-state index contributed by atoms with van der Waals surface area (Å²) in [7, 11) is 1.79. The fourth-order valence-electron chi connectivity index (χ4n) is 4.32. The van der Waals surface area contributed by atoms with Crippen LogP contribution >= 0.6 is 0 Å². The number of alkyl halides is 3. The van der Waals surface area contributed by atoms with Gasteiger partial charge in [0.2, 0.25) is 0 Å². The number of aromatic amines is 1. The molecule has 0 saturated heterocycles. The molecule has 0 aliphatic heterocycles. The summed E-state index contributed by atoms with van der Waals surface area (Å²) in [5.41, 5.74) is 1.50. The Hall–Kier alpha value is -2.77. The molecule has 1 aliphatic rings. The minimum absolute atomic E-state index is 0.0316. The molecule has 1 saturated carbocycles. The number of nitrogens with zero attached hydrogens (tertiary/aromatic N) is 1. The Kier molecular flexibility index (Phi) is 6.48. The van der Waals surface area contributed by atoms with E-state index in [2.05, 4.69) is 10.3 Å². The summed E-state index contributed by atoms with van der Waals surface area (Å²) < 4.78 is 40.7. The van der Waals surface area contributed by atoms with Crippen molar-refractivity contribution in [2.45, 2.75) is 65.2 Å². The van der Waals surface area contributed by atoms with Crippen LogP contribution in [-0.2, 0) is 12.7 Å². The minimum Gasteiger partial charge on any atom is -0.371 e. The molecule has 1 aliphatic carbocycles. The number of anilines is 1. The number of amides is 1. The zero-order valence-corrected chi connectivity index (χ0v) is 18.2. The molecule has 3 rings (SSSR count). The maximum atomic E-state index is 13.6. The van der Waals surface area contributed by atoms with Crippen LogP contribution < -0.4 is 15.8 Å². The van der Waals surface area contributed by atoms with Crippen molar-refractivity contribution in [1.29, 1.82) is 0 Å². The lowest BCUT2D eigenvalue weighted by Gasteiger charge is -2.29. The quantitative estimate of drug-likeness (QED) is 0.720. The van der Waals surface area contributed by atoms with Crippen LogP contribution in [0.5, 0.6) is 0 Å². The van der Waals surface area contributed by atoms with Gasteiger partial charge in [-0.2, -0.15) is 13.2 Å². The molecule has 1 aromatic heterocycles. The van der Waals surface area contributed by atoms with Crippen LogP contribution in [0.4, 0.5) is 18.9 Å². The third-order valence-electron chi connectivity index (χ3n) is 6.12. The number of pyridine rings is 1. The highest BCUT2D eigenvalue weighted by Gasteiger charge is 2.34. The average Bonchev–Trinajstić information content (AvgIpc) is 3.20. The van der Waals surface area contributed by atoms with E-state index in [1.54, 1.807) is 33.9 Å². The zero-order valence-electron chi connectivity index (χ0n) is 18.2. The summed E-state index contributed by atoms with van der Waals surface area (Å²) in [6, 6.07) is 3.96. The van der Waals surface area contributed by atoms with Gasteiger partial charge >= 0.3 is 6.18 Å². The first-order chi connectivity index (χ1) is 14.5. The number of nitrogens with one attached hydrogen (secondary N) is 2. The Morgan fingerprint density at radius 1 is 1.16 bits per heavy atom. The first-order valence-electron chi connectivity index (χ1n) is 10.4. The molecule has 168 valence electrons. The van der Waals surface area contributed by atoms with Crippen molar-refractivity contribution in [3.63, 3.8) is 0 Å². The number of H-pyrrole nitrogens is 1. The highest BCUT2D eigenvalue weighted by atomic mass is 19.4. The van der Waals surface area contributed by atoms with E-state index < -0.39 is 17.6 Å². The monoisotopic (exact) mass is 435 g/mol. The molecular formula is C23H28F3N3O2. The summed E-state index contributed by atoms with van der Waals surface area (Å²) in [6.45, 7) is 5.11. The lowest BCUT2D eigenvalue weighted by Crippen LogP contribution is -2.32. The summed E-state index contributed by atoms with van der Waals surface area (Å²) >= 11 is 0. The molecule has 8 heteroatoms. The fraction of sp³-hybridized carbons (Fsp3) is 0.478. The van der Waals surface area contributed by atoms with Crippen molar-refractivity contribution < 1.29 is 18.0 Å². The number of hydrogen-bond donors (Lipinski definition) is 2. The molecule has 1 heterocycles. The van der Waals surface area contributed by atoms with Crippen LogP contribution in [0.1, 0.15) is 64.0 Å². The highest BCUT2D eigenvalue weighted by molar-refractivity contribution is 5.97. The maximum Gasteiger partial charge on any atom is 0.416 e. The Balaban J connectivity index is 1.94. The third-order valence-corrected chi connectivity index (χ3v) is 6.12. The molecule has 5 nitrogen and oxygen atoms in total. The molecular weight excluding hydrogens is 407 g/mol. The number of benzene rings is 1. The molecule has 0 radical (unpaired) electrons. The predicted octanol–water partition coefficient (Wildman–Crippen LogP) is 4.63. The van der Waals surface area contributed by atoms with Gasteiger partial charge in [-0.05, 0) is 62.9 Å². The van der Waals surface area contributed by atoms with Crippen LogP contribution in [0.15, 0.2) is 23.0 Å². The van der Waals surface area contributed by atoms with Gasteiger partial charge in [0.15, 0.2) is 0 Å². The second-order valence-corrected chi connectivity index (χ2v) is 8.34. The standard InChI is InChI=1S/C23H28F3N3O2/c1-13-9-14(2)28-22(31)19(13)12-27-21(30)18-10-16(23(24,25)26)11-20(15(18)3)29(4)17-7-5-6-8-17/h9-11,17H,5-8,12H2,1-4H3,(H,27,30)(H,28,31). The summed E-state index contributed by atoms with van der Waals surface area (Å²) in [6.07, 6.45) is -0.638. The lowest BCUT2D eigenvalue weighted by atomic mass is 9.99. The molecule has 1 fully saturated rings. The fourth-order valence-corrected chi connectivity index (χ4v) is 4.32. The van der Waals surface area contributed by atoms with Crippen LogP contribution in [0.25, 0.3) is 0 Å². The van der Waals surface area contributed by atoms with Gasteiger partial charge in [-0.1, -0.05) is 12.8 Å². The predicted molar refractivity (Wildman–Crippen MR) is 115 cm³/mol. The van der Waals surface area contributed by atoms with Gasteiger partial charge < -0.3 is 15.2 Å². The summed E-state index contributed by atoms with van der Waals surface area (Å²) in [5.74, 6) is -0.635. The van der Waals surface area contributed by atoms with Gasteiger partial charge in [0.05, 0.1) is 5.56 Å². The van der Waals surface area contributed by atoms with E-state index in [0.29, 0.717) is 28.1 Å².